The molecule has 0 saturated carbocycles. The molecule has 0 spiro atoms. The molecule has 3 rings (SSSR count). The van der Waals surface area contributed by atoms with Gasteiger partial charge in [-0.15, -0.1) is 0 Å². The lowest BCUT2D eigenvalue weighted by Gasteiger charge is -2.10. The molecule has 1 unspecified atom stereocenters. The fraction of sp³-hybridized carbons (Fsp3) is 0.500. The van der Waals surface area contributed by atoms with E-state index in [1.807, 2.05) is 18.2 Å². The van der Waals surface area contributed by atoms with Gasteiger partial charge in [-0.1, -0.05) is 18.7 Å². The molecule has 5 heteroatoms. The zero-order chi connectivity index (χ0) is 13.1. The number of anilines is 1. The van der Waals surface area contributed by atoms with Crippen LogP contribution in [0.15, 0.2) is 23.2 Å². The normalized spacial score (nSPS) is 21.7. The Morgan fingerprint density at radius 2 is 2.16 bits per heavy atom. The molecule has 0 amide bonds. The second kappa shape index (κ2) is 5.74. The van der Waals surface area contributed by atoms with E-state index in [4.69, 9.17) is 9.47 Å². The molecule has 0 radical (unpaired) electrons. The van der Waals surface area contributed by atoms with Gasteiger partial charge in [-0.2, -0.15) is 0 Å². The largest absolute Gasteiger partial charge is 0.490 e. The summed E-state index contributed by atoms with van der Waals surface area (Å²) in [5.74, 6) is 2.72. The minimum absolute atomic E-state index is 0.452. The molecule has 0 fully saturated rings. The van der Waals surface area contributed by atoms with E-state index in [-0.39, 0.29) is 0 Å². The number of nitrogens with zero attached hydrogens (tertiary/aromatic N) is 1. The highest BCUT2D eigenvalue weighted by Gasteiger charge is 2.17. The first-order chi connectivity index (χ1) is 9.35. The average molecular weight is 278 g/mol. The second-order valence-corrected chi connectivity index (χ2v) is 5.65. The third kappa shape index (κ3) is 2.97. The third-order valence-corrected chi connectivity index (χ3v) is 4.21. The molecule has 1 atom stereocenters. The van der Waals surface area contributed by atoms with Crippen LogP contribution in [0.2, 0.25) is 0 Å². The van der Waals surface area contributed by atoms with Gasteiger partial charge in [-0.05, 0) is 18.6 Å². The zero-order valence-electron chi connectivity index (χ0n) is 11.0. The van der Waals surface area contributed by atoms with Gasteiger partial charge >= 0.3 is 0 Å². The molecule has 2 heterocycles. The smallest absolute Gasteiger partial charge is 0.163 e. The first-order valence-corrected chi connectivity index (χ1v) is 7.71. The van der Waals surface area contributed by atoms with Crippen LogP contribution >= 0.6 is 11.8 Å². The van der Waals surface area contributed by atoms with Crippen LogP contribution in [0.1, 0.15) is 19.8 Å². The molecule has 4 nitrogen and oxygen atoms in total. The Kier molecular flexibility index (Phi) is 3.82. The lowest BCUT2D eigenvalue weighted by molar-refractivity contribution is 0.297. The highest BCUT2D eigenvalue weighted by molar-refractivity contribution is 8.14. The summed E-state index contributed by atoms with van der Waals surface area (Å²) in [5.41, 5.74) is 1.01. The molecule has 1 aromatic carbocycles. The van der Waals surface area contributed by atoms with Gasteiger partial charge in [-0.3, -0.25) is 4.99 Å². The number of benzene rings is 1. The lowest BCUT2D eigenvalue weighted by atomic mass is 10.3. The summed E-state index contributed by atoms with van der Waals surface area (Å²) in [4.78, 5) is 4.63. The molecule has 1 N–H and O–H groups in total. The Labute approximate surface area is 117 Å². The number of nitrogens with one attached hydrogen (secondary N) is 1. The minimum atomic E-state index is 0.452. The highest BCUT2D eigenvalue weighted by Crippen LogP contribution is 2.33. The van der Waals surface area contributed by atoms with E-state index in [2.05, 4.69) is 17.2 Å². The lowest BCUT2D eigenvalue weighted by Crippen LogP contribution is -2.05. The first-order valence-electron chi connectivity index (χ1n) is 6.72. The number of hydrogen-bond acceptors (Lipinski definition) is 5. The van der Waals surface area contributed by atoms with Crippen molar-refractivity contribution in [2.24, 2.45) is 4.99 Å². The monoisotopic (exact) mass is 278 g/mol. The Morgan fingerprint density at radius 3 is 2.95 bits per heavy atom. The van der Waals surface area contributed by atoms with Gasteiger partial charge in [0, 0.05) is 23.9 Å². The second-order valence-electron chi connectivity index (χ2n) is 4.64. The van der Waals surface area contributed by atoms with Crippen molar-refractivity contribution in [1.82, 2.24) is 0 Å². The third-order valence-electron chi connectivity index (χ3n) is 3.18. The van der Waals surface area contributed by atoms with Crippen LogP contribution < -0.4 is 14.8 Å². The molecule has 2 aliphatic heterocycles. The van der Waals surface area contributed by atoms with Crippen molar-refractivity contribution in [3.63, 3.8) is 0 Å². The van der Waals surface area contributed by atoms with Crippen molar-refractivity contribution in [2.75, 3.05) is 24.3 Å². The molecule has 0 bridgehead atoms. The molecule has 19 heavy (non-hydrogen) atoms. The minimum Gasteiger partial charge on any atom is -0.490 e. The summed E-state index contributed by atoms with van der Waals surface area (Å²) in [7, 11) is 0. The fourth-order valence-electron chi connectivity index (χ4n) is 2.06. The topological polar surface area (TPSA) is 42.8 Å². The van der Waals surface area contributed by atoms with Gasteiger partial charge in [0.15, 0.2) is 16.7 Å². The maximum absolute atomic E-state index is 5.68. The van der Waals surface area contributed by atoms with Crippen LogP contribution in [0.3, 0.4) is 0 Å². The van der Waals surface area contributed by atoms with E-state index in [9.17, 15) is 0 Å². The maximum atomic E-state index is 5.68. The van der Waals surface area contributed by atoms with Crippen molar-refractivity contribution >= 4 is 22.6 Å². The van der Waals surface area contributed by atoms with Gasteiger partial charge < -0.3 is 14.8 Å². The number of aliphatic imine (C=N–C) groups is 1. The van der Waals surface area contributed by atoms with Crippen molar-refractivity contribution in [3.8, 4) is 11.5 Å². The van der Waals surface area contributed by atoms with Crippen LogP contribution in [0.4, 0.5) is 5.69 Å². The van der Waals surface area contributed by atoms with Gasteiger partial charge in [0.2, 0.25) is 0 Å². The summed E-state index contributed by atoms with van der Waals surface area (Å²) in [6.45, 7) is 3.61. The van der Waals surface area contributed by atoms with Crippen LogP contribution in [0, 0.1) is 0 Å². The molecular formula is C14H18N2O2S. The quantitative estimate of drug-likeness (QED) is 0.902. The number of rotatable bonds is 2. The van der Waals surface area contributed by atoms with Crippen LogP contribution in [0.5, 0.6) is 11.5 Å². The highest BCUT2D eigenvalue weighted by atomic mass is 32.2. The summed E-state index contributed by atoms with van der Waals surface area (Å²) >= 11 is 1.78. The Bertz CT molecular complexity index is 490. The average Bonchev–Trinajstić information content (AvgIpc) is 2.75. The number of hydrogen-bond donors (Lipinski definition) is 1. The predicted octanol–water partition coefficient (Wildman–Crippen LogP) is 3.14. The van der Waals surface area contributed by atoms with E-state index in [1.54, 1.807) is 11.8 Å². The Balaban J connectivity index is 1.74. The van der Waals surface area contributed by atoms with E-state index in [0.717, 1.165) is 47.6 Å². The SMILES string of the molecule is CCC1CSC(Nc2ccc3c(c2)OCCCO3)=N1. The van der Waals surface area contributed by atoms with Crippen molar-refractivity contribution in [3.05, 3.63) is 18.2 Å². The molecule has 2 aliphatic rings. The van der Waals surface area contributed by atoms with Crippen LogP contribution in [0.25, 0.3) is 0 Å². The zero-order valence-corrected chi connectivity index (χ0v) is 11.8. The summed E-state index contributed by atoms with van der Waals surface area (Å²) in [6, 6.07) is 6.41. The molecule has 1 aromatic rings. The summed E-state index contributed by atoms with van der Waals surface area (Å²) in [6.07, 6.45) is 2.03. The Hall–Kier alpha value is -1.36. The number of thioether (sulfide) groups is 1. The van der Waals surface area contributed by atoms with Gasteiger partial charge in [-0.25, -0.2) is 0 Å². The number of amidine groups is 1. The maximum Gasteiger partial charge on any atom is 0.163 e. The van der Waals surface area contributed by atoms with Crippen molar-refractivity contribution in [2.45, 2.75) is 25.8 Å². The molecular weight excluding hydrogens is 260 g/mol. The number of ether oxygens (including phenoxy) is 2. The van der Waals surface area contributed by atoms with Gasteiger partial charge in [0.25, 0.3) is 0 Å². The fourth-order valence-corrected chi connectivity index (χ4v) is 3.13. The number of fused-ring (bicyclic) bond motifs is 1. The standard InChI is InChI=1S/C14H18N2O2S/c1-2-10-9-19-14(15-10)16-11-4-5-12-13(8-11)18-7-3-6-17-12/h4-5,8,10H,2-3,6-7,9H2,1H3,(H,15,16). The van der Waals surface area contributed by atoms with Crippen LogP contribution in [-0.2, 0) is 0 Å². The van der Waals surface area contributed by atoms with Crippen LogP contribution in [-0.4, -0.2) is 30.2 Å². The molecule has 0 aliphatic carbocycles. The van der Waals surface area contributed by atoms with Crippen molar-refractivity contribution < 1.29 is 9.47 Å². The Morgan fingerprint density at radius 1 is 1.32 bits per heavy atom. The molecule has 0 aromatic heterocycles. The van der Waals surface area contributed by atoms with E-state index in [1.165, 1.54) is 0 Å². The van der Waals surface area contributed by atoms with Crippen molar-refractivity contribution in [1.29, 1.82) is 0 Å². The molecule has 102 valence electrons. The van der Waals surface area contributed by atoms with E-state index < -0.39 is 0 Å². The summed E-state index contributed by atoms with van der Waals surface area (Å²) in [5, 5.41) is 4.35. The predicted molar refractivity (Wildman–Crippen MR) is 79.6 cm³/mol. The van der Waals surface area contributed by atoms with E-state index in [0.29, 0.717) is 12.6 Å². The molecule has 0 saturated heterocycles. The summed E-state index contributed by atoms with van der Waals surface area (Å²) < 4.78 is 11.3. The first kappa shape index (κ1) is 12.7. The van der Waals surface area contributed by atoms with Gasteiger partial charge in [0.1, 0.15) is 0 Å². The van der Waals surface area contributed by atoms with Gasteiger partial charge in [0.05, 0.1) is 19.3 Å². The van der Waals surface area contributed by atoms with E-state index >= 15 is 0 Å².